The van der Waals surface area contributed by atoms with E-state index in [1.54, 1.807) is 0 Å². The number of thioether (sulfide) groups is 1. The van der Waals surface area contributed by atoms with Crippen molar-refractivity contribution >= 4 is 38.8 Å². The van der Waals surface area contributed by atoms with Crippen LogP contribution in [-0.2, 0) is 5.75 Å². The molecule has 1 aliphatic carbocycles. The minimum absolute atomic E-state index is 0.0430. The van der Waals surface area contributed by atoms with E-state index in [9.17, 15) is 4.79 Å². The van der Waals surface area contributed by atoms with Gasteiger partial charge in [-0.15, -0.1) is 0 Å². The Labute approximate surface area is 125 Å². The predicted molar refractivity (Wildman–Crippen MR) is 82.4 cm³/mol. The Bertz CT molecular complexity index is 503. The van der Waals surface area contributed by atoms with Gasteiger partial charge >= 0.3 is 0 Å². The molecule has 0 spiro atoms. The van der Waals surface area contributed by atoms with E-state index in [-0.39, 0.29) is 11.1 Å². The zero-order valence-corrected chi connectivity index (χ0v) is 12.8. The normalized spacial score (nSPS) is 14.2. The maximum atomic E-state index is 12.1. The number of carbonyl (C=O) groups is 1. The van der Waals surface area contributed by atoms with Gasteiger partial charge in [0, 0.05) is 22.3 Å². The fourth-order valence-corrected chi connectivity index (χ4v) is 2.67. The summed E-state index contributed by atoms with van der Waals surface area (Å²) in [6.45, 7) is 0.758. The smallest absolute Gasteiger partial charge is 0.251 e. The van der Waals surface area contributed by atoms with Crippen LogP contribution in [0.15, 0.2) is 22.7 Å². The van der Waals surface area contributed by atoms with Crippen LogP contribution in [0.25, 0.3) is 0 Å². The number of nitrogens with two attached hydrogens (primary N) is 1. The quantitative estimate of drug-likeness (QED) is 0.569. The molecule has 0 saturated heterocycles. The van der Waals surface area contributed by atoms with Gasteiger partial charge in [0.2, 0.25) is 0 Å². The van der Waals surface area contributed by atoms with Crippen molar-refractivity contribution in [3.63, 3.8) is 0 Å². The lowest BCUT2D eigenvalue weighted by Gasteiger charge is -2.10. The molecular weight excluding hydrogens is 326 g/mol. The molecule has 19 heavy (non-hydrogen) atoms. The maximum absolute atomic E-state index is 12.1. The lowest BCUT2D eigenvalue weighted by atomic mass is 10.1. The maximum Gasteiger partial charge on any atom is 0.251 e. The van der Waals surface area contributed by atoms with Gasteiger partial charge in [0.25, 0.3) is 5.91 Å². The van der Waals surface area contributed by atoms with E-state index in [1.807, 2.05) is 18.2 Å². The Morgan fingerprint density at radius 1 is 1.53 bits per heavy atom. The fraction of sp³-hybridized carbons (Fsp3) is 0.385. The number of rotatable bonds is 5. The summed E-state index contributed by atoms with van der Waals surface area (Å²) in [6, 6.07) is 5.57. The third kappa shape index (κ3) is 4.54. The Morgan fingerprint density at radius 3 is 2.89 bits per heavy atom. The minimum atomic E-state index is -0.0430. The summed E-state index contributed by atoms with van der Waals surface area (Å²) in [5, 5.41) is 10.3. The van der Waals surface area contributed by atoms with Crippen LogP contribution in [0, 0.1) is 11.3 Å². The molecule has 0 aliphatic heterocycles. The average molecular weight is 342 g/mol. The molecule has 1 fully saturated rings. The van der Waals surface area contributed by atoms with Crippen LogP contribution in [-0.4, -0.2) is 17.6 Å². The highest BCUT2D eigenvalue weighted by atomic mass is 79.9. The van der Waals surface area contributed by atoms with Crippen LogP contribution in [0.5, 0.6) is 0 Å². The van der Waals surface area contributed by atoms with Crippen LogP contribution in [0.1, 0.15) is 28.8 Å². The Hall–Kier alpha value is -1.01. The summed E-state index contributed by atoms with van der Waals surface area (Å²) in [5.41, 5.74) is 6.90. The van der Waals surface area contributed by atoms with Crippen LogP contribution < -0.4 is 11.1 Å². The summed E-state index contributed by atoms with van der Waals surface area (Å²) in [5.74, 6) is 1.15. The number of amidine groups is 1. The van der Waals surface area contributed by atoms with Crippen molar-refractivity contribution in [3.05, 3.63) is 33.8 Å². The second-order valence-electron chi connectivity index (χ2n) is 4.61. The van der Waals surface area contributed by atoms with Crippen molar-refractivity contribution in [2.45, 2.75) is 18.6 Å². The van der Waals surface area contributed by atoms with E-state index in [4.69, 9.17) is 11.1 Å². The average Bonchev–Trinajstić information content (AvgIpc) is 3.17. The van der Waals surface area contributed by atoms with Gasteiger partial charge in [0.15, 0.2) is 5.17 Å². The fourth-order valence-electron chi connectivity index (χ4n) is 1.71. The van der Waals surface area contributed by atoms with Crippen LogP contribution in [0.3, 0.4) is 0 Å². The number of amides is 1. The molecule has 2 rings (SSSR count). The molecule has 1 aliphatic rings. The molecule has 0 radical (unpaired) electrons. The Kier molecular flexibility index (Phi) is 4.87. The van der Waals surface area contributed by atoms with E-state index in [2.05, 4.69) is 21.2 Å². The van der Waals surface area contributed by atoms with E-state index in [1.165, 1.54) is 24.6 Å². The van der Waals surface area contributed by atoms with Gasteiger partial charge in [0.05, 0.1) is 0 Å². The predicted octanol–water partition coefficient (Wildman–Crippen LogP) is 2.72. The lowest BCUT2D eigenvalue weighted by molar-refractivity contribution is 0.0951. The van der Waals surface area contributed by atoms with Crippen LogP contribution in [0.2, 0.25) is 0 Å². The Balaban J connectivity index is 2.07. The molecule has 0 aromatic heterocycles. The van der Waals surface area contributed by atoms with Gasteiger partial charge in [0.1, 0.15) is 0 Å². The van der Waals surface area contributed by atoms with E-state index < -0.39 is 0 Å². The highest BCUT2D eigenvalue weighted by molar-refractivity contribution is 9.10. The topological polar surface area (TPSA) is 79.0 Å². The van der Waals surface area contributed by atoms with E-state index in [0.29, 0.717) is 17.2 Å². The van der Waals surface area contributed by atoms with E-state index >= 15 is 0 Å². The van der Waals surface area contributed by atoms with Gasteiger partial charge in [-0.05, 0) is 42.5 Å². The van der Waals surface area contributed by atoms with Crippen molar-refractivity contribution in [1.29, 1.82) is 5.41 Å². The molecule has 4 nitrogen and oxygen atoms in total. The summed E-state index contributed by atoms with van der Waals surface area (Å²) in [7, 11) is 0. The molecule has 6 heteroatoms. The van der Waals surface area contributed by atoms with Crippen molar-refractivity contribution in [1.82, 2.24) is 5.32 Å². The van der Waals surface area contributed by atoms with Crippen molar-refractivity contribution in [2.75, 3.05) is 6.54 Å². The first kappa shape index (κ1) is 14.4. The van der Waals surface area contributed by atoms with Crippen molar-refractivity contribution < 1.29 is 4.79 Å². The minimum Gasteiger partial charge on any atom is -0.379 e. The lowest BCUT2D eigenvalue weighted by Crippen LogP contribution is -2.26. The number of carbonyl (C=O) groups excluding carboxylic acids is 1. The number of hydrogen-bond donors (Lipinski definition) is 3. The second-order valence-corrected chi connectivity index (χ2v) is 6.54. The second kappa shape index (κ2) is 6.43. The van der Waals surface area contributed by atoms with Crippen molar-refractivity contribution in [2.24, 2.45) is 11.7 Å². The Morgan fingerprint density at radius 2 is 2.26 bits per heavy atom. The third-order valence-electron chi connectivity index (χ3n) is 2.94. The molecule has 1 amide bonds. The number of nitrogens with one attached hydrogen (secondary N) is 2. The first-order chi connectivity index (χ1) is 9.06. The van der Waals surface area contributed by atoms with Gasteiger partial charge in [-0.1, -0.05) is 27.7 Å². The third-order valence-corrected chi connectivity index (χ3v) is 4.20. The SMILES string of the molecule is N=C(N)SCc1cc(Br)ccc1C(=O)NCC1CC1. The highest BCUT2D eigenvalue weighted by Crippen LogP contribution is 2.28. The van der Waals surface area contributed by atoms with Gasteiger partial charge in [-0.3, -0.25) is 10.2 Å². The monoisotopic (exact) mass is 341 g/mol. The number of halogens is 1. The summed E-state index contributed by atoms with van der Waals surface area (Å²) in [6.07, 6.45) is 2.43. The summed E-state index contributed by atoms with van der Waals surface area (Å²) >= 11 is 4.62. The molecule has 4 N–H and O–H groups in total. The molecule has 1 aromatic carbocycles. The molecular formula is C13H16BrN3OS. The molecule has 0 atom stereocenters. The first-order valence-corrected chi connectivity index (χ1v) is 7.87. The number of benzene rings is 1. The number of hydrogen-bond acceptors (Lipinski definition) is 3. The standard InChI is InChI=1S/C13H16BrN3OS/c14-10-3-4-11(9(5-10)7-19-13(15)16)12(18)17-6-8-1-2-8/h3-5,8H,1-2,6-7H2,(H3,15,16)(H,17,18). The van der Waals surface area contributed by atoms with E-state index in [0.717, 1.165) is 16.6 Å². The van der Waals surface area contributed by atoms with Gasteiger partial charge in [-0.2, -0.15) is 0 Å². The molecule has 0 unspecified atom stereocenters. The highest BCUT2D eigenvalue weighted by Gasteiger charge is 2.22. The van der Waals surface area contributed by atoms with Gasteiger partial charge in [-0.25, -0.2) is 0 Å². The molecule has 102 valence electrons. The molecule has 1 saturated carbocycles. The zero-order chi connectivity index (χ0) is 13.8. The molecule has 0 heterocycles. The van der Waals surface area contributed by atoms with Gasteiger partial charge < -0.3 is 11.1 Å². The summed E-state index contributed by atoms with van der Waals surface area (Å²) < 4.78 is 0.922. The van der Waals surface area contributed by atoms with Crippen molar-refractivity contribution in [3.8, 4) is 0 Å². The summed E-state index contributed by atoms with van der Waals surface area (Å²) in [4.78, 5) is 12.1. The molecule has 1 aromatic rings. The van der Waals surface area contributed by atoms with Crippen LogP contribution >= 0.6 is 27.7 Å². The zero-order valence-electron chi connectivity index (χ0n) is 10.4. The molecule has 0 bridgehead atoms. The largest absolute Gasteiger partial charge is 0.379 e. The van der Waals surface area contributed by atoms with Crippen LogP contribution in [0.4, 0.5) is 0 Å². The first-order valence-electron chi connectivity index (χ1n) is 6.09.